The van der Waals surface area contributed by atoms with E-state index < -0.39 is 16.1 Å². The molecule has 5 unspecified atom stereocenters. The maximum absolute atomic E-state index is 2.86. The van der Waals surface area contributed by atoms with E-state index in [1.54, 1.807) is 64.2 Å². The summed E-state index contributed by atoms with van der Waals surface area (Å²) in [5.74, 6) is 6.39. The Morgan fingerprint density at radius 2 is 1.20 bits per heavy atom. The first-order chi connectivity index (χ1) is 14.1. The highest BCUT2D eigenvalue weighted by atomic mass is 28.3. The van der Waals surface area contributed by atoms with E-state index in [1.807, 2.05) is 0 Å². The molecule has 0 saturated heterocycles. The molecule has 0 aromatic carbocycles. The quantitative estimate of drug-likeness (QED) is 0.369. The third kappa shape index (κ3) is 4.44. The van der Waals surface area contributed by atoms with Gasteiger partial charge in [-0.1, -0.05) is 111 Å². The van der Waals surface area contributed by atoms with E-state index >= 15 is 0 Å². The molecule has 0 amide bonds. The number of fused-ring (bicyclic) bond motifs is 1. The van der Waals surface area contributed by atoms with E-state index in [1.165, 1.54) is 12.8 Å². The van der Waals surface area contributed by atoms with Crippen molar-refractivity contribution in [2.45, 2.75) is 140 Å². The fourth-order valence-electron chi connectivity index (χ4n) is 9.64. The maximum Gasteiger partial charge on any atom is 0.0541 e. The Morgan fingerprint density at radius 1 is 0.600 bits per heavy atom. The van der Waals surface area contributed by atoms with E-state index in [0.717, 1.165) is 52.1 Å². The summed E-state index contributed by atoms with van der Waals surface area (Å²) in [6, 6.07) is 0. The summed E-state index contributed by atoms with van der Waals surface area (Å²) < 4.78 is 0. The van der Waals surface area contributed by atoms with E-state index in [-0.39, 0.29) is 0 Å². The van der Waals surface area contributed by atoms with Gasteiger partial charge in [-0.25, -0.2) is 0 Å². The molecule has 0 bridgehead atoms. The first-order valence-corrected chi connectivity index (χ1v) is 20.8. The lowest BCUT2D eigenvalue weighted by Crippen LogP contribution is -2.44. The predicted octanol–water partition coefficient (Wildman–Crippen LogP) is 9.62. The van der Waals surface area contributed by atoms with Crippen molar-refractivity contribution >= 4 is 16.1 Å². The second-order valence-electron chi connectivity index (χ2n) is 14.4. The minimum absolute atomic E-state index is 0.914. The largest absolute Gasteiger partial charge is 0.0693 e. The minimum atomic E-state index is -1.18. The molecule has 4 aliphatic carbocycles. The molecule has 30 heavy (non-hydrogen) atoms. The van der Waals surface area contributed by atoms with Crippen LogP contribution in [0.3, 0.4) is 0 Å². The first kappa shape index (κ1) is 23.6. The summed E-state index contributed by atoms with van der Waals surface area (Å²) in [6.45, 7) is 18.8. The lowest BCUT2D eigenvalue weighted by molar-refractivity contribution is 0.0972. The molecule has 0 aromatic rings. The third-order valence-electron chi connectivity index (χ3n) is 11.4. The van der Waals surface area contributed by atoms with Gasteiger partial charge in [-0.15, -0.1) is 0 Å². The topological polar surface area (TPSA) is 0 Å². The van der Waals surface area contributed by atoms with Crippen molar-refractivity contribution in [3.63, 3.8) is 0 Å². The van der Waals surface area contributed by atoms with Crippen molar-refractivity contribution in [1.29, 1.82) is 0 Å². The zero-order chi connectivity index (χ0) is 21.7. The number of rotatable bonds is 5. The van der Waals surface area contributed by atoms with Crippen molar-refractivity contribution in [1.82, 2.24) is 0 Å². The Labute approximate surface area is 191 Å². The Bertz CT molecular complexity index is 560. The zero-order valence-electron chi connectivity index (χ0n) is 21.7. The summed E-state index contributed by atoms with van der Waals surface area (Å²) in [4.78, 5) is 0. The fourth-order valence-corrected chi connectivity index (χ4v) is 17.3. The molecule has 174 valence electrons. The van der Waals surface area contributed by atoms with Gasteiger partial charge in [0.25, 0.3) is 0 Å². The Balaban J connectivity index is 1.52. The highest BCUT2D eigenvalue weighted by Crippen LogP contribution is 2.64. The smallest absolute Gasteiger partial charge is 0.0541 e. The second-order valence-corrected chi connectivity index (χ2v) is 25.0. The molecule has 0 nitrogen and oxygen atoms in total. The number of hydrogen-bond acceptors (Lipinski definition) is 0. The molecule has 4 rings (SSSR count). The van der Waals surface area contributed by atoms with Gasteiger partial charge >= 0.3 is 0 Å². The van der Waals surface area contributed by atoms with Crippen LogP contribution in [-0.2, 0) is 0 Å². The van der Waals surface area contributed by atoms with Crippen molar-refractivity contribution in [3.8, 4) is 0 Å². The van der Waals surface area contributed by atoms with Crippen LogP contribution in [0.25, 0.3) is 0 Å². The van der Waals surface area contributed by atoms with Gasteiger partial charge in [-0.3, -0.25) is 0 Å². The zero-order valence-corrected chi connectivity index (χ0v) is 23.7. The van der Waals surface area contributed by atoms with Crippen LogP contribution in [-0.4, -0.2) is 16.1 Å². The summed E-state index contributed by atoms with van der Waals surface area (Å²) in [5.41, 5.74) is 3.41. The van der Waals surface area contributed by atoms with Gasteiger partial charge < -0.3 is 0 Å². The van der Waals surface area contributed by atoms with Gasteiger partial charge in [-0.2, -0.15) is 0 Å². The van der Waals surface area contributed by atoms with Gasteiger partial charge in [0.05, 0.1) is 8.07 Å². The van der Waals surface area contributed by atoms with Crippen LogP contribution < -0.4 is 0 Å². The number of hydrogen-bond donors (Lipinski definition) is 0. The Kier molecular flexibility index (Phi) is 7.07. The molecular formula is C28H54Si2. The molecule has 2 heteroatoms. The van der Waals surface area contributed by atoms with Crippen LogP contribution in [0.5, 0.6) is 0 Å². The molecule has 0 spiro atoms. The first-order valence-electron chi connectivity index (χ1n) is 14.1. The van der Waals surface area contributed by atoms with E-state index in [2.05, 4.69) is 46.6 Å². The monoisotopic (exact) mass is 446 g/mol. The maximum atomic E-state index is 2.86. The molecule has 4 saturated carbocycles. The van der Waals surface area contributed by atoms with Crippen LogP contribution in [0.2, 0.25) is 49.4 Å². The minimum Gasteiger partial charge on any atom is -0.0693 e. The van der Waals surface area contributed by atoms with E-state index in [0.29, 0.717) is 0 Å². The van der Waals surface area contributed by atoms with Crippen LogP contribution in [0.1, 0.15) is 90.9 Å². The predicted molar refractivity (Wildman–Crippen MR) is 140 cm³/mol. The molecule has 0 radical (unpaired) electrons. The van der Waals surface area contributed by atoms with Crippen molar-refractivity contribution in [3.05, 3.63) is 0 Å². The highest BCUT2D eigenvalue weighted by molar-refractivity contribution is 6.80. The molecule has 0 N–H and O–H groups in total. The van der Waals surface area contributed by atoms with Gasteiger partial charge in [0.15, 0.2) is 0 Å². The van der Waals surface area contributed by atoms with Gasteiger partial charge in [0.2, 0.25) is 0 Å². The lowest BCUT2D eigenvalue weighted by atomic mass is 9.65. The summed E-state index contributed by atoms with van der Waals surface area (Å²) in [7, 11) is -2.11. The SMILES string of the molecule is CC(C)C1CC2C(C3CCC([Si](C)(C)C)CC3)CCCC2C1[Si](C)(C)C1CCCC1. The summed E-state index contributed by atoms with van der Waals surface area (Å²) in [6.07, 6.45) is 19.0. The van der Waals surface area contributed by atoms with Gasteiger partial charge in [0.1, 0.15) is 0 Å². The lowest BCUT2D eigenvalue weighted by Gasteiger charge is -2.47. The average Bonchev–Trinajstić information content (AvgIpc) is 3.35. The van der Waals surface area contributed by atoms with Crippen LogP contribution in [0, 0.1) is 35.5 Å². The van der Waals surface area contributed by atoms with Crippen molar-refractivity contribution < 1.29 is 0 Å². The summed E-state index contributed by atoms with van der Waals surface area (Å²) >= 11 is 0. The van der Waals surface area contributed by atoms with Crippen molar-refractivity contribution in [2.75, 3.05) is 0 Å². The molecule has 4 aliphatic rings. The fraction of sp³-hybridized carbons (Fsp3) is 1.00. The van der Waals surface area contributed by atoms with Crippen molar-refractivity contribution in [2.24, 2.45) is 35.5 Å². The Morgan fingerprint density at radius 3 is 1.77 bits per heavy atom. The molecule has 0 aliphatic heterocycles. The Hall–Kier alpha value is 0.434. The molecule has 4 fully saturated rings. The van der Waals surface area contributed by atoms with Crippen LogP contribution in [0.15, 0.2) is 0 Å². The molecule has 0 heterocycles. The normalized spacial score (nSPS) is 41.4. The molecular weight excluding hydrogens is 392 g/mol. The van der Waals surface area contributed by atoms with Crippen LogP contribution >= 0.6 is 0 Å². The summed E-state index contributed by atoms with van der Waals surface area (Å²) in [5, 5.41) is 0. The molecule has 0 aromatic heterocycles. The van der Waals surface area contributed by atoms with Gasteiger partial charge in [0, 0.05) is 8.07 Å². The standard InChI is InChI=1S/C28H54Si2/c1-20(2)26-19-27-24(21-15-17-22(18-16-21)29(3,4)5)13-10-14-25(27)28(26)30(6,7)23-11-8-9-12-23/h20-28H,8-19H2,1-7H3. The van der Waals surface area contributed by atoms with E-state index in [9.17, 15) is 0 Å². The molecule has 5 atom stereocenters. The average molecular weight is 447 g/mol. The third-order valence-corrected chi connectivity index (χ3v) is 19.6. The van der Waals surface area contributed by atoms with Gasteiger partial charge in [-0.05, 0) is 65.0 Å². The second kappa shape index (κ2) is 9.00. The highest BCUT2D eigenvalue weighted by Gasteiger charge is 2.56. The van der Waals surface area contributed by atoms with Crippen LogP contribution in [0.4, 0.5) is 0 Å². The van der Waals surface area contributed by atoms with E-state index in [4.69, 9.17) is 0 Å².